The van der Waals surface area contributed by atoms with E-state index in [2.05, 4.69) is 10.3 Å². The number of aromatic nitrogens is 1. The quantitative estimate of drug-likeness (QED) is 0.728. The first kappa shape index (κ1) is 17.1. The molecule has 0 fully saturated rings. The molecule has 25 heavy (non-hydrogen) atoms. The zero-order valence-corrected chi connectivity index (χ0v) is 14.5. The molecule has 3 rings (SSSR count). The van der Waals surface area contributed by atoms with Gasteiger partial charge in [-0.25, -0.2) is 9.37 Å². The molecule has 6 heteroatoms. The maximum atomic E-state index is 13.8. The molecule has 128 valence electrons. The van der Waals surface area contributed by atoms with Crippen molar-refractivity contribution in [3.8, 4) is 16.3 Å². The second-order valence-electron chi connectivity index (χ2n) is 5.34. The molecule has 0 radical (unpaired) electrons. The highest BCUT2D eigenvalue weighted by molar-refractivity contribution is 7.13. The minimum absolute atomic E-state index is 0.270. The summed E-state index contributed by atoms with van der Waals surface area (Å²) in [4.78, 5) is 16.5. The van der Waals surface area contributed by atoms with Crippen LogP contribution in [0.2, 0.25) is 0 Å². The van der Waals surface area contributed by atoms with Crippen LogP contribution in [0.4, 0.5) is 4.39 Å². The molecule has 1 amide bonds. The third-order valence-electron chi connectivity index (χ3n) is 3.71. The number of nitrogens with one attached hydrogen (secondary N) is 1. The van der Waals surface area contributed by atoms with Crippen LogP contribution in [0.5, 0.6) is 5.75 Å². The average molecular weight is 356 g/mol. The Morgan fingerprint density at radius 2 is 1.96 bits per heavy atom. The first-order valence-corrected chi connectivity index (χ1v) is 8.67. The molecule has 0 atom stereocenters. The second kappa shape index (κ2) is 7.90. The predicted molar refractivity (Wildman–Crippen MR) is 96.5 cm³/mol. The first-order chi connectivity index (χ1) is 12.2. The Morgan fingerprint density at radius 1 is 1.20 bits per heavy atom. The molecule has 1 aromatic heterocycles. The molecular weight excluding hydrogens is 339 g/mol. The molecule has 0 aliphatic heterocycles. The highest BCUT2D eigenvalue weighted by Gasteiger charge is 2.14. The summed E-state index contributed by atoms with van der Waals surface area (Å²) in [6, 6.07) is 14.1. The third-order valence-corrected chi connectivity index (χ3v) is 4.59. The van der Waals surface area contributed by atoms with Crippen LogP contribution < -0.4 is 10.1 Å². The number of para-hydroxylation sites is 1. The van der Waals surface area contributed by atoms with Crippen molar-refractivity contribution in [2.24, 2.45) is 0 Å². The minimum Gasteiger partial charge on any atom is -0.496 e. The van der Waals surface area contributed by atoms with Gasteiger partial charge in [0.05, 0.1) is 7.11 Å². The summed E-state index contributed by atoms with van der Waals surface area (Å²) in [5.74, 6) is 0.181. The molecule has 2 aromatic carbocycles. The van der Waals surface area contributed by atoms with E-state index in [0.29, 0.717) is 29.2 Å². The molecule has 0 bridgehead atoms. The van der Waals surface area contributed by atoms with Crippen molar-refractivity contribution in [3.05, 3.63) is 71.0 Å². The fourth-order valence-electron chi connectivity index (χ4n) is 2.45. The SMILES string of the molecule is COc1ccccc1CCNC(=O)c1csc(-c2ccccc2F)n1. The number of carbonyl (C=O) groups excluding carboxylic acids is 1. The van der Waals surface area contributed by atoms with Gasteiger partial charge in [-0.1, -0.05) is 30.3 Å². The Morgan fingerprint density at radius 3 is 2.76 bits per heavy atom. The number of nitrogens with zero attached hydrogens (tertiary/aromatic N) is 1. The van der Waals surface area contributed by atoms with Crippen molar-refractivity contribution in [2.45, 2.75) is 6.42 Å². The van der Waals surface area contributed by atoms with Crippen LogP contribution in [-0.2, 0) is 6.42 Å². The molecule has 0 saturated carbocycles. The summed E-state index contributed by atoms with van der Waals surface area (Å²) in [6.45, 7) is 0.464. The summed E-state index contributed by atoms with van der Waals surface area (Å²) in [5.41, 5.74) is 1.72. The van der Waals surface area contributed by atoms with Crippen molar-refractivity contribution in [2.75, 3.05) is 13.7 Å². The van der Waals surface area contributed by atoms with Crippen molar-refractivity contribution in [3.63, 3.8) is 0 Å². The Labute approximate surface area is 149 Å². The van der Waals surface area contributed by atoms with Crippen LogP contribution in [-0.4, -0.2) is 24.5 Å². The van der Waals surface area contributed by atoms with Gasteiger partial charge in [-0.05, 0) is 30.2 Å². The van der Waals surface area contributed by atoms with Crippen molar-refractivity contribution in [1.82, 2.24) is 10.3 Å². The van der Waals surface area contributed by atoms with E-state index in [-0.39, 0.29) is 11.7 Å². The van der Waals surface area contributed by atoms with Gasteiger partial charge in [-0.3, -0.25) is 4.79 Å². The van der Waals surface area contributed by atoms with Gasteiger partial charge in [0.15, 0.2) is 0 Å². The maximum Gasteiger partial charge on any atom is 0.270 e. The van der Waals surface area contributed by atoms with Gasteiger partial charge < -0.3 is 10.1 Å². The molecule has 3 aromatic rings. The smallest absolute Gasteiger partial charge is 0.270 e. The molecule has 1 heterocycles. The van der Waals surface area contributed by atoms with Gasteiger partial charge in [-0.15, -0.1) is 11.3 Å². The van der Waals surface area contributed by atoms with E-state index < -0.39 is 0 Å². The number of rotatable bonds is 6. The number of ether oxygens (including phenoxy) is 1. The van der Waals surface area contributed by atoms with E-state index in [0.717, 1.165) is 11.3 Å². The summed E-state index contributed by atoms with van der Waals surface area (Å²) in [7, 11) is 1.62. The van der Waals surface area contributed by atoms with Gasteiger partial charge in [0.2, 0.25) is 0 Å². The molecular formula is C19H17FN2O2S. The van der Waals surface area contributed by atoms with Crippen molar-refractivity contribution < 1.29 is 13.9 Å². The summed E-state index contributed by atoms with van der Waals surface area (Å²) < 4.78 is 19.1. The number of amides is 1. The number of carbonyl (C=O) groups is 1. The van der Waals surface area contributed by atoms with Crippen LogP contribution in [0.3, 0.4) is 0 Å². The van der Waals surface area contributed by atoms with Gasteiger partial charge in [0.25, 0.3) is 5.91 Å². The second-order valence-corrected chi connectivity index (χ2v) is 6.19. The summed E-state index contributed by atoms with van der Waals surface area (Å²) >= 11 is 1.25. The average Bonchev–Trinajstić information content (AvgIpc) is 3.12. The molecule has 0 aliphatic rings. The molecule has 4 nitrogen and oxygen atoms in total. The first-order valence-electron chi connectivity index (χ1n) is 7.79. The standard InChI is InChI=1S/C19H17FN2O2S/c1-24-17-9-5-2-6-13(17)10-11-21-18(23)16-12-25-19(22-16)14-7-3-4-8-15(14)20/h2-9,12H,10-11H2,1H3,(H,21,23). The lowest BCUT2D eigenvalue weighted by Crippen LogP contribution is -2.26. The summed E-state index contributed by atoms with van der Waals surface area (Å²) in [6.07, 6.45) is 0.653. The largest absolute Gasteiger partial charge is 0.496 e. The third kappa shape index (κ3) is 4.03. The number of halogens is 1. The van der Waals surface area contributed by atoms with E-state index >= 15 is 0 Å². The van der Waals surface area contributed by atoms with Crippen LogP contribution in [0, 0.1) is 5.82 Å². The van der Waals surface area contributed by atoms with Gasteiger partial charge in [-0.2, -0.15) is 0 Å². The molecule has 1 N–H and O–H groups in total. The topological polar surface area (TPSA) is 51.2 Å². The van der Waals surface area contributed by atoms with E-state index in [1.807, 2.05) is 24.3 Å². The highest BCUT2D eigenvalue weighted by atomic mass is 32.1. The zero-order chi connectivity index (χ0) is 17.6. The van der Waals surface area contributed by atoms with Crippen LogP contribution in [0.15, 0.2) is 53.9 Å². The Bertz CT molecular complexity index is 879. The van der Waals surface area contributed by atoms with Crippen LogP contribution in [0.25, 0.3) is 10.6 Å². The number of thiazole rings is 1. The number of methoxy groups -OCH3 is 1. The summed E-state index contributed by atoms with van der Waals surface area (Å²) in [5, 5.41) is 4.97. The fourth-order valence-corrected chi connectivity index (χ4v) is 3.27. The number of hydrogen-bond donors (Lipinski definition) is 1. The molecule has 0 unspecified atom stereocenters. The predicted octanol–water partition coefficient (Wildman–Crippen LogP) is 3.93. The monoisotopic (exact) mass is 356 g/mol. The van der Waals surface area contributed by atoms with Gasteiger partial charge >= 0.3 is 0 Å². The van der Waals surface area contributed by atoms with Crippen LogP contribution >= 0.6 is 11.3 Å². The normalized spacial score (nSPS) is 10.5. The Hall–Kier alpha value is -2.73. The maximum absolute atomic E-state index is 13.8. The fraction of sp³-hybridized carbons (Fsp3) is 0.158. The zero-order valence-electron chi connectivity index (χ0n) is 13.7. The van der Waals surface area contributed by atoms with Crippen molar-refractivity contribution in [1.29, 1.82) is 0 Å². The lowest BCUT2D eigenvalue weighted by atomic mass is 10.1. The van der Waals surface area contributed by atoms with E-state index in [4.69, 9.17) is 4.74 Å². The van der Waals surface area contributed by atoms with E-state index in [1.54, 1.807) is 30.7 Å². The van der Waals surface area contributed by atoms with E-state index in [9.17, 15) is 9.18 Å². The van der Waals surface area contributed by atoms with Crippen molar-refractivity contribution >= 4 is 17.2 Å². The van der Waals surface area contributed by atoms with Crippen LogP contribution in [0.1, 0.15) is 16.1 Å². The lowest BCUT2D eigenvalue weighted by molar-refractivity contribution is 0.0950. The number of benzene rings is 2. The van der Waals surface area contributed by atoms with Gasteiger partial charge in [0.1, 0.15) is 22.3 Å². The molecule has 0 saturated heterocycles. The minimum atomic E-state index is -0.347. The number of hydrogen-bond acceptors (Lipinski definition) is 4. The van der Waals surface area contributed by atoms with Gasteiger partial charge in [0, 0.05) is 17.5 Å². The molecule has 0 spiro atoms. The highest BCUT2D eigenvalue weighted by Crippen LogP contribution is 2.26. The Balaban J connectivity index is 1.62. The van der Waals surface area contributed by atoms with E-state index in [1.165, 1.54) is 17.4 Å². The lowest BCUT2D eigenvalue weighted by Gasteiger charge is -2.08. The molecule has 0 aliphatic carbocycles. The Kier molecular flexibility index (Phi) is 5.40.